The number of fused-ring (bicyclic) bond motifs is 2. The van der Waals surface area contributed by atoms with Crippen LogP contribution in [0.5, 0.6) is 0 Å². The molecule has 0 aliphatic heterocycles. The number of benzene rings is 1. The highest BCUT2D eigenvalue weighted by molar-refractivity contribution is 5.92. The number of furan rings is 1. The number of nitrogens with one attached hydrogen (secondary N) is 2. The van der Waals surface area contributed by atoms with E-state index >= 15 is 0 Å². The average molecular weight is 323 g/mol. The van der Waals surface area contributed by atoms with Gasteiger partial charge in [0.25, 0.3) is 11.5 Å². The summed E-state index contributed by atoms with van der Waals surface area (Å²) in [5, 5.41) is 10.6. The summed E-state index contributed by atoms with van der Waals surface area (Å²) in [7, 11) is 0. The third kappa shape index (κ3) is 2.60. The first-order chi connectivity index (χ1) is 11.7. The predicted octanol–water partition coefficient (Wildman–Crippen LogP) is 2.32. The van der Waals surface area contributed by atoms with Gasteiger partial charge in [0.05, 0.1) is 17.6 Å². The molecule has 1 aliphatic carbocycles. The summed E-state index contributed by atoms with van der Waals surface area (Å²) in [4.78, 5) is 24.1. The van der Waals surface area contributed by atoms with Crippen molar-refractivity contribution in [1.82, 2.24) is 15.5 Å². The summed E-state index contributed by atoms with van der Waals surface area (Å²) in [6.07, 6.45) is 4.11. The minimum atomic E-state index is -0.263. The lowest BCUT2D eigenvalue weighted by Crippen LogP contribution is -2.24. The van der Waals surface area contributed by atoms with Crippen molar-refractivity contribution in [2.75, 3.05) is 0 Å². The Labute approximate surface area is 137 Å². The van der Waals surface area contributed by atoms with Gasteiger partial charge in [-0.3, -0.25) is 9.59 Å². The summed E-state index contributed by atoms with van der Waals surface area (Å²) < 4.78 is 5.67. The molecule has 24 heavy (non-hydrogen) atoms. The van der Waals surface area contributed by atoms with E-state index in [2.05, 4.69) is 15.5 Å². The summed E-state index contributed by atoms with van der Waals surface area (Å²) >= 11 is 0. The molecule has 0 bridgehead atoms. The molecule has 2 N–H and O–H groups in total. The van der Waals surface area contributed by atoms with E-state index in [0.29, 0.717) is 16.8 Å². The van der Waals surface area contributed by atoms with Crippen LogP contribution in [0, 0.1) is 0 Å². The Kier molecular flexibility index (Phi) is 3.65. The highest BCUT2D eigenvalue weighted by atomic mass is 16.4. The lowest BCUT2D eigenvalue weighted by molar-refractivity contribution is 0.0921. The Balaban J connectivity index is 1.55. The molecule has 122 valence electrons. The van der Waals surface area contributed by atoms with Crippen molar-refractivity contribution >= 4 is 16.7 Å². The van der Waals surface area contributed by atoms with Crippen molar-refractivity contribution in [3.8, 4) is 0 Å². The first-order valence-electron chi connectivity index (χ1n) is 8.08. The standard InChI is InChI=1S/C18H17N3O3/c22-17-13-7-3-2-6-12(13)14(20-21-17)10-19-18(23)16-9-11-5-1-4-8-15(11)24-16/h2-3,6-7,9H,1,4-5,8,10H2,(H,19,23)(H,21,22). The van der Waals surface area contributed by atoms with Crippen LogP contribution in [0.2, 0.25) is 0 Å². The third-order valence-electron chi connectivity index (χ3n) is 4.41. The second-order valence-electron chi connectivity index (χ2n) is 5.99. The lowest BCUT2D eigenvalue weighted by atomic mass is 9.99. The average Bonchev–Trinajstić information content (AvgIpc) is 3.05. The number of carbonyl (C=O) groups excluding carboxylic acids is 1. The van der Waals surface area contributed by atoms with Crippen LogP contribution < -0.4 is 10.9 Å². The second kappa shape index (κ2) is 5.96. The smallest absolute Gasteiger partial charge is 0.287 e. The quantitative estimate of drug-likeness (QED) is 0.774. The van der Waals surface area contributed by atoms with E-state index in [1.165, 1.54) is 0 Å². The largest absolute Gasteiger partial charge is 0.456 e. The molecule has 2 aromatic heterocycles. The number of hydrogen-bond acceptors (Lipinski definition) is 4. The topological polar surface area (TPSA) is 88.0 Å². The van der Waals surface area contributed by atoms with Gasteiger partial charge in [-0.05, 0) is 37.0 Å². The minimum Gasteiger partial charge on any atom is -0.456 e. The molecule has 0 fully saturated rings. The number of rotatable bonds is 3. The van der Waals surface area contributed by atoms with Crippen LogP contribution in [0.15, 0.2) is 39.5 Å². The highest BCUT2D eigenvalue weighted by Crippen LogP contribution is 2.24. The van der Waals surface area contributed by atoms with Gasteiger partial charge in [-0.25, -0.2) is 5.10 Å². The summed E-state index contributed by atoms with van der Waals surface area (Å²) in [6.45, 7) is 0.224. The zero-order chi connectivity index (χ0) is 16.5. The molecule has 0 saturated heterocycles. The van der Waals surface area contributed by atoms with Crippen molar-refractivity contribution < 1.29 is 9.21 Å². The van der Waals surface area contributed by atoms with Gasteiger partial charge >= 0.3 is 0 Å². The molecular formula is C18H17N3O3. The van der Waals surface area contributed by atoms with Crippen LogP contribution >= 0.6 is 0 Å². The molecule has 0 spiro atoms. The number of amides is 1. The molecule has 1 aromatic carbocycles. The first kappa shape index (κ1) is 14.7. The summed E-state index contributed by atoms with van der Waals surface area (Å²) in [6, 6.07) is 9.04. The minimum absolute atomic E-state index is 0.224. The molecule has 0 atom stereocenters. The number of aryl methyl sites for hydroxylation is 2. The molecule has 4 rings (SSSR count). The van der Waals surface area contributed by atoms with Gasteiger partial charge in [0.15, 0.2) is 5.76 Å². The highest BCUT2D eigenvalue weighted by Gasteiger charge is 2.19. The van der Waals surface area contributed by atoms with Crippen molar-refractivity contribution in [1.29, 1.82) is 0 Å². The molecule has 6 heteroatoms. The van der Waals surface area contributed by atoms with E-state index in [-0.39, 0.29) is 18.0 Å². The first-order valence-corrected chi connectivity index (χ1v) is 8.08. The maximum Gasteiger partial charge on any atom is 0.287 e. The van der Waals surface area contributed by atoms with Crippen molar-refractivity contribution in [2.45, 2.75) is 32.2 Å². The SMILES string of the molecule is O=C(NCc1n[nH]c(=O)c2ccccc12)c1cc2c(o1)CCCC2. The second-order valence-corrected chi connectivity index (χ2v) is 5.99. The van der Waals surface area contributed by atoms with Crippen molar-refractivity contribution in [2.24, 2.45) is 0 Å². The van der Waals surface area contributed by atoms with Gasteiger partial charge in [-0.15, -0.1) is 0 Å². The zero-order valence-corrected chi connectivity index (χ0v) is 13.1. The monoisotopic (exact) mass is 323 g/mol. The van der Waals surface area contributed by atoms with E-state index in [1.807, 2.05) is 18.2 Å². The molecule has 3 aromatic rings. The molecule has 1 aliphatic rings. The Morgan fingerprint density at radius 2 is 2.00 bits per heavy atom. The maximum absolute atomic E-state index is 12.3. The number of H-pyrrole nitrogens is 1. The Morgan fingerprint density at radius 3 is 2.83 bits per heavy atom. The van der Waals surface area contributed by atoms with Crippen LogP contribution in [0.4, 0.5) is 0 Å². The van der Waals surface area contributed by atoms with E-state index in [4.69, 9.17) is 4.42 Å². The van der Waals surface area contributed by atoms with Crippen molar-refractivity contribution in [3.63, 3.8) is 0 Å². The number of nitrogens with zero attached hydrogens (tertiary/aromatic N) is 1. The molecule has 0 saturated carbocycles. The van der Waals surface area contributed by atoms with E-state index in [1.54, 1.807) is 12.1 Å². The van der Waals surface area contributed by atoms with Gasteiger partial charge in [0.1, 0.15) is 5.76 Å². The zero-order valence-electron chi connectivity index (χ0n) is 13.1. The fraction of sp³-hybridized carbons (Fsp3) is 0.278. The van der Waals surface area contributed by atoms with E-state index in [0.717, 1.165) is 42.4 Å². The fourth-order valence-corrected chi connectivity index (χ4v) is 3.16. The third-order valence-corrected chi connectivity index (χ3v) is 4.41. The van der Waals surface area contributed by atoms with Crippen LogP contribution in [0.3, 0.4) is 0 Å². The van der Waals surface area contributed by atoms with Gasteiger partial charge in [0.2, 0.25) is 0 Å². The molecule has 0 unspecified atom stereocenters. The summed E-state index contributed by atoms with van der Waals surface area (Å²) in [5.74, 6) is 1.01. The summed E-state index contributed by atoms with van der Waals surface area (Å²) in [5.41, 5.74) is 1.52. The molecule has 2 heterocycles. The van der Waals surface area contributed by atoms with Gasteiger partial charge in [-0.2, -0.15) is 5.10 Å². The van der Waals surface area contributed by atoms with E-state index < -0.39 is 0 Å². The van der Waals surface area contributed by atoms with E-state index in [9.17, 15) is 9.59 Å². The number of hydrogen-bond donors (Lipinski definition) is 2. The predicted molar refractivity (Wildman–Crippen MR) is 88.9 cm³/mol. The van der Waals surface area contributed by atoms with Gasteiger partial charge in [0, 0.05) is 11.8 Å². The van der Waals surface area contributed by atoms with Gasteiger partial charge in [-0.1, -0.05) is 18.2 Å². The Morgan fingerprint density at radius 1 is 1.21 bits per heavy atom. The number of aromatic nitrogens is 2. The number of aromatic amines is 1. The Hall–Kier alpha value is -2.89. The molecule has 0 radical (unpaired) electrons. The normalized spacial score (nSPS) is 13.7. The molecule has 1 amide bonds. The van der Waals surface area contributed by atoms with Crippen LogP contribution in [0.1, 0.15) is 40.4 Å². The number of carbonyl (C=O) groups is 1. The fourth-order valence-electron chi connectivity index (χ4n) is 3.16. The van der Waals surface area contributed by atoms with Crippen LogP contribution in [-0.4, -0.2) is 16.1 Å². The van der Waals surface area contributed by atoms with Gasteiger partial charge < -0.3 is 9.73 Å². The molecule has 6 nitrogen and oxygen atoms in total. The Bertz CT molecular complexity index is 948. The maximum atomic E-state index is 12.3. The van der Waals surface area contributed by atoms with Crippen LogP contribution in [-0.2, 0) is 19.4 Å². The van der Waals surface area contributed by atoms with Crippen molar-refractivity contribution in [3.05, 3.63) is 63.5 Å². The lowest BCUT2D eigenvalue weighted by Gasteiger charge is -2.07. The van der Waals surface area contributed by atoms with Crippen LogP contribution in [0.25, 0.3) is 10.8 Å². The molecular weight excluding hydrogens is 306 g/mol.